The molecule has 8 heteroatoms. The summed E-state index contributed by atoms with van der Waals surface area (Å²) >= 11 is 1.20. The number of rotatable bonds is 4. The Hall–Kier alpha value is -2.81. The van der Waals surface area contributed by atoms with E-state index < -0.39 is 10.1 Å². The molecule has 1 N–H and O–H groups in total. The van der Waals surface area contributed by atoms with Crippen molar-refractivity contribution >= 4 is 32.4 Å². The van der Waals surface area contributed by atoms with Crippen LogP contribution in [0.3, 0.4) is 0 Å². The number of hydrogen-bond acceptors (Lipinski definition) is 5. The van der Waals surface area contributed by atoms with Gasteiger partial charge in [-0.3, -0.25) is 14.3 Å². The van der Waals surface area contributed by atoms with Crippen molar-refractivity contribution in [3.05, 3.63) is 91.3 Å². The second kappa shape index (κ2) is 8.45. The number of benzene rings is 1. The van der Waals surface area contributed by atoms with E-state index >= 15 is 0 Å². The summed E-state index contributed by atoms with van der Waals surface area (Å²) in [5.41, 5.74) is 6.45. The summed E-state index contributed by atoms with van der Waals surface area (Å²) in [5, 5.41) is 0.971. The Morgan fingerprint density at radius 1 is 1.12 bits per heavy atom. The molecular formula is C26H26N2O4S2. The summed E-state index contributed by atoms with van der Waals surface area (Å²) in [4.78, 5) is 18.3. The molecule has 0 fully saturated rings. The van der Waals surface area contributed by atoms with Crippen LogP contribution in [0.25, 0.3) is 10.9 Å². The van der Waals surface area contributed by atoms with Gasteiger partial charge in [-0.25, -0.2) is 0 Å². The first kappa shape index (κ1) is 23.0. The summed E-state index contributed by atoms with van der Waals surface area (Å²) in [6.07, 6.45) is 2.74. The highest BCUT2D eigenvalue weighted by atomic mass is 32.3. The zero-order valence-corrected chi connectivity index (χ0v) is 21.0. The monoisotopic (exact) mass is 494 g/mol. The Bertz CT molecular complexity index is 1580. The van der Waals surface area contributed by atoms with Gasteiger partial charge in [-0.2, -0.15) is 8.42 Å². The normalized spacial score (nSPS) is 16.1. The van der Waals surface area contributed by atoms with Gasteiger partial charge in [-0.1, -0.05) is 24.3 Å². The molecule has 0 amide bonds. The molecule has 0 saturated heterocycles. The molecular weight excluding hydrogens is 468 g/mol. The highest BCUT2D eigenvalue weighted by Gasteiger charge is 2.30. The number of pyridine rings is 2. The van der Waals surface area contributed by atoms with E-state index in [-0.39, 0.29) is 15.7 Å². The molecule has 1 aliphatic carbocycles. The molecule has 3 heterocycles. The smallest absolute Gasteiger partial charge is 0.304 e. The van der Waals surface area contributed by atoms with Gasteiger partial charge in [0.25, 0.3) is 5.56 Å². The summed E-state index contributed by atoms with van der Waals surface area (Å²) in [6.45, 7) is 6.13. The van der Waals surface area contributed by atoms with Crippen LogP contribution in [0.2, 0.25) is 0 Å². The Labute approximate surface area is 202 Å². The Kier molecular flexibility index (Phi) is 5.70. The van der Waals surface area contributed by atoms with Gasteiger partial charge in [0.1, 0.15) is 4.21 Å². The number of aromatic nitrogens is 2. The van der Waals surface area contributed by atoms with E-state index in [0.29, 0.717) is 12.1 Å². The van der Waals surface area contributed by atoms with Gasteiger partial charge in [0.15, 0.2) is 0 Å². The summed E-state index contributed by atoms with van der Waals surface area (Å²) in [5.74, 6) is 0.0983. The van der Waals surface area contributed by atoms with Gasteiger partial charge in [0, 0.05) is 33.6 Å². The zero-order valence-electron chi connectivity index (χ0n) is 19.3. The minimum Gasteiger partial charge on any atom is -0.304 e. The van der Waals surface area contributed by atoms with Gasteiger partial charge in [0.05, 0.1) is 12.1 Å². The molecule has 1 atom stereocenters. The minimum absolute atomic E-state index is 0.0508. The van der Waals surface area contributed by atoms with E-state index in [2.05, 4.69) is 17.1 Å². The van der Waals surface area contributed by atoms with E-state index in [4.69, 9.17) is 0 Å². The molecule has 0 spiro atoms. The van der Waals surface area contributed by atoms with E-state index in [1.165, 1.54) is 11.3 Å². The molecule has 0 aliphatic heterocycles. The second-order valence-electron chi connectivity index (χ2n) is 9.05. The van der Waals surface area contributed by atoms with Crippen LogP contribution in [-0.2, 0) is 23.1 Å². The molecule has 4 aromatic rings. The predicted octanol–water partition coefficient (Wildman–Crippen LogP) is 5.15. The van der Waals surface area contributed by atoms with E-state index in [0.717, 1.165) is 63.1 Å². The van der Waals surface area contributed by atoms with Crippen LogP contribution < -0.4 is 5.56 Å². The summed E-state index contributed by atoms with van der Waals surface area (Å²) in [7, 11) is -4.22. The fourth-order valence-electron chi connectivity index (χ4n) is 5.21. The van der Waals surface area contributed by atoms with Crippen LogP contribution in [0.15, 0.2) is 51.5 Å². The number of aryl methyl sites for hydroxylation is 3. The lowest BCUT2D eigenvalue weighted by molar-refractivity contribution is 0.485. The zero-order chi connectivity index (χ0) is 24.2. The van der Waals surface area contributed by atoms with Gasteiger partial charge in [-0.15, -0.1) is 11.3 Å². The van der Waals surface area contributed by atoms with Crippen molar-refractivity contribution in [2.75, 3.05) is 0 Å². The van der Waals surface area contributed by atoms with Crippen molar-refractivity contribution in [2.24, 2.45) is 0 Å². The molecule has 0 bridgehead atoms. The summed E-state index contributed by atoms with van der Waals surface area (Å²) in [6, 6.07) is 13.6. The van der Waals surface area contributed by atoms with Crippen LogP contribution >= 0.6 is 11.3 Å². The van der Waals surface area contributed by atoms with Gasteiger partial charge < -0.3 is 4.57 Å². The van der Waals surface area contributed by atoms with E-state index in [9.17, 15) is 17.8 Å². The fraction of sp³-hybridized carbons (Fsp3) is 0.308. The molecule has 34 heavy (non-hydrogen) atoms. The third-order valence-corrected chi connectivity index (χ3v) is 9.55. The average Bonchev–Trinajstić information content (AvgIpc) is 3.13. The molecule has 1 unspecified atom stereocenters. The first-order valence-corrected chi connectivity index (χ1v) is 13.6. The maximum atomic E-state index is 12.7. The topological polar surface area (TPSA) is 89.3 Å². The second-order valence-corrected chi connectivity index (χ2v) is 11.8. The Balaban J connectivity index is 1.50. The standard InChI is InChI=1S/C26H26N2O4S2/c1-15-13-22-20(17(3)27-15)11-12-24(29)28(22)14-18-7-9-19(10-8-18)21-5-4-6-23-25(21)16(2)26(33-23)34(30,31)32/h7-13,21H,4-6,14H2,1-3H3,(H,30,31,32). The lowest BCUT2D eigenvalue weighted by Gasteiger charge is -2.24. The SMILES string of the molecule is Cc1cc2c(ccc(=O)n2Cc2ccc(C3CCCc4sc(S(=O)(=O)O)c(C)c43)cc2)c(C)n1. The van der Waals surface area contributed by atoms with Crippen molar-refractivity contribution in [3.8, 4) is 0 Å². The highest BCUT2D eigenvalue weighted by Crippen LogP contribution is 2.45. The number of fused-ring (bicyclic) bond motifs is 2. The molecule has 1 aliphatic rings. The highest BCUT2D eigenvalue weighted by molar-refractivity contribution is 7.88. The Morgan fingerprint density at radius 2 is 1.85 bits per heavy atom. The third kappa shape index (κ3) is 4.00. The van der Waals surface area contributed by atoms with Gasteiger partial charge >= 0.3 is 10.1 Å². The first-order chi connectivity index (χ1) is 16.1. The van der Waals surface area contributed by atoms with Gasteiger partial charge in [-0.05, 0) is 74.4 Å². The van der Waals surface area contributed by atoms with Crippen molar-refractivity contribution < 1.29 is 13.0 Å². The van der Waals surface area contributed by atoms with Crippen LogP contribution in [0, 0.1) is 20.8 Å². The first-order valence-electron chi connectivity index (χ1n) is 11.3. The molecule has 0 radical (unpaired) electrons. The van der Waals surface area contributed by atoms with Gasteiger partial charge in [0.2, 0.25) is 0 Å². The molecule has 0 saturated carbocycles. The van der Waals surface area contributed by atoms with Crippen molar-refractivity contribution in [3.63, 3.8) is 0 Å². The predicted molar refractivity (Wildman–Crippen MR) is 135 cm³/mol. The molecule has 176 valence electrons. The quantitative estimate of drug-likeness (QED) is 0.397. The lowest BCUT2D eigenvalue weighted by Crippen LogP contribution is -2.20. The van der Waals surface area contributed by atoms with Crippen molar-refractivity contribution in [1.29, 1.82) is 0 Å². The lowest BCUT2D eigenvalue weighted by atomic mass is 9.81. The molecule has 3 aromatic heterocycles. The van der Waals surface area contributed by atoms with Crippen molar-refractivity contribution in [2.45, 2.75) is 56.7 Å². The van der Waals surface area contributed by atoms with Crippen LogP contribution in [0.1, 0.15) is 57.3 Å². The average molecular weight is 495 g/mol. The van der Waals surface area contributed by atoms with Crippen molar-refractivity contribution in [1.82, 2.24) is 9.55 Å². The third-order valence-electron chi connectivity index (χ3n) is 6.73. The van der Waals surface area contributed by atoms with Crippen LogP contribution in [0.5, 0.6) is 0 Å². The molecule has 5 rings (SSSR count). The van der Waals surface area contributed by atoms with E-state index in [1.54, 1.807) is 17.6 Å². The minimum atomic E-state index is -4.22. The molecule has 1 aromatic carbocycles. The Morgan fingerprint density at radius 3 is 2.56 bits per heavy atom. The fourth-order valence-corrected chi connectivity index (χ4v) is 7.56. The number of thiophene rings is 1. The largest absolute Gasteiger partial charge is 0.304 e. The number of hydrogen-bond donors (Lipinski definition) is 1. The summed E-state index contributed by atoms with van der Waals surface area (Å²) < 4.78 is 35.1. The van der Waals surface area contributed by atoms with Crippen LogP contribution in [0.4, 0.5) is 0 Å². The maximum Gasteiger partial charge on any atom is 0.304 e. The maximum absolute atomic E-state index is 12.7. The van der Waals surface area contributed by atoms with E-state index in [1.807, 2.05) is 38.1 Å². The van der Waals surface area contributed by atoms with Crippen LogP contribution in [-0.4, -0.2) is 22.5 Å². The number of nitrogens with zero attached hydrogens (tertiary/aromatic N) is 2. The molecule has 6 nitrogen and oxygen atoms in total.